The van der Waals surface area contributed by atoms with E-state index < -0.39 is 0 Å². The quantitative estimate of drug-likeness (QED) is 0.720. The fourth-order valence-corrected chi connectivity index (χ4v) is 3.96. The van der Waals surface area contributed by atoms with Crippen molar-refractivity contribution < 1.29 is 14.3 Å². The maximum atomic E-state index is 12.1. The second-order valence-corrected chi connectivity index (χ2v) is 7.59. The number of rotatable bonds is 7. The Morgan fingerprint density at radius 1 is 1.18 bits per heavy atom. The summed E-state index contributed by atoms with van der Waals surface area (Å²) in [6.45, 7) is 3.01. The third-order valence-corrected chi connectivity index (χ3v) is 5.35. The highest BCUT2D eigenvalue weighted by Crippen LogP contribution is 2.31. The molecule has 2 aromatic carbocycles. The predicted molar refractivity (Wildman–Crippen MR) is 111 cm³/mol. The zero-order chi connectivity index (χ0) is 20.1. The molecule has 5 nitrogen and oxygen atoms in total. The third-order valence-electron chi connectivity index (χ3n) is 4.69. The number of nitrogens with zero attached hydrogens (tertiary/aromatic N) is 1. The molecule has 0 aliphatic carbocycles. The Kier molecular flexibility index (Phi) is 6.81. The predicted octanol–water partition coefficient (Wildman–Crippen LogP) is 4.42. The summed E-state index contributed by atoms with van der Waals surface area (Å²) in [6.07, 6.45) is 1.48. The number of benzene rings is 2. The summed E-state index contributed by atoms with van der Waals surface area (Å²) in [5, 5.41) is 4.00. The van der Waals surface area contributed by atoms with Gasteiger partial charge in [-0.2, -0.15) is 0 Å². The minimum Gasteiger partial charge on any atom is -0.484 e. The Hall–Kier alpha value is -2.24. The monoisotopic (exact) mass is 420 g/mol. The van der Waals surface area contributed by atoms with Crippen LogP contribution in [0, 0.1) is 0 Å². The van der Waals surface area contributed by atoms with Crippen LogP contribution in [0.2, 0.25) is 10.0 Å². The molecule has 1 aliphatic heterocycles. The van der Waals surface area contributed by atoms with Gasteiger partial charge in [0.05, 0.1) is 0 Å². The number of anilines is 1. The van der Waals surface area contributed by atoms with E-state index in [2.05, 4.69) is 5.32 Å². The minimum absolute atomic E-state index is 0.0255. The van der Waals surface area contributed by atoms with E-state index in [0.29, 0.717) is 28.8 Å². The Balaban J connectivity index is 1.47. The minimum atomic E-state index is -0.228. The van der Waals surface area contributed by atoms with Crippen LogP contribution in [0.15, 0.2) is 42.5 Å². The largest absolute Gasteiger partial charge is 0.484 e. The first-order chi connectivity index (χ1) is 13.5. The molecule has 0 aromatic heterocycles. The second kappa shape index (κ2) is 9.30. The smallest absolute Gasteiger partial charge is 0.257 e. The fraction of sp³-hybridized carbons (Fsp3) is 0.333. The Labute approximate surface area is 174 Å². The maximum absolute atomic E-state index is 12.1. The molecule has 1 N–H and O–H groups in total. The van der Waals surface area contributed by atoms with Crippen molar-refractivity contribution in [1.29, 1.82) is 0 Å². The first kappa shape index (κ1) is 20.5. The van der Waals surface area contributed by atoms with E-state index in [1.807, 2.05) is 19.1 Å². The van der Waals surface area contributed by atoms with E-state index in [1.54, 1.807) is 35.2 Å². The van der Waals surface area contributed by atoms with E-state index in [9.17, 15) is 9.59 Å². The summed E-state index contributed by atoms with van der Waals surface area (Å²) in [7, 11) is 0. The number of halogens is 2. The van der Waals surface area contributed by atoms with Crippen molar-refractivity contribution in [3.8, 4) is 5.75 Å². The maximum Gasteiger partial charge on any atom is 0.257 e. The topological polar surface area (TPSA) is 58.6 Å². The van der Waals surface area contributed by atoms with E-state index in [0.717, 1.165) is 24.2 Å². The van der Waals surface area contributed by atoms with Crippen LogP contribution in [0.3, 0.4) is 0 Å². The summed E-state index contributed by atoms with van der Waals surface area (Å²) >= 11 is 12.4. The number of hydrogen-bond donors (Lipinski definition) is 1. The average Bonchev–Trinajstić information content (AvgIpc) is 3.11. The number of nitrogens with one attached hydrogen (secondary N) is 1. The summed E-state index contributed by atoms with van der Waals surface area (Å²) in [5.74, 6) is 0.463. The molecule has 1 unspecified atom stereocenters. The van der Waals surface area contributed by atoms with Crippen molar-refractivity contribution in [2.75, 3.05) is 24.6 Å². The molecule has 0 spiro atoms. The number of carbonyl (C=O) groups is 2. The second-order valence-electron chi connectivity index (χ2n) is 6.77. The molecular formula is C21H22Cl2N2O3. The Morgan fingerprint density at radius 2 is 1.86 bits per heavy atom. The number of carbonyl (C=O) groups excluding carboxylic acids is 2. The highest BCUT2D eigenvalue weighted by atomic mass is 35.5. The van der Waals surface area contributed by atoms with Gasteiger partial charge in [-0.05, 0) is 48.4 Å². The molecule has 0 bridgehead atoms. The first-order valence-corrected chi connectivity index (χ1v) is 9.95. The van der Waals surface area contributed by atoms with Gasteiger partial charge < -0.3 is 15.0 Å². The van der Waals surface area contributed by atoms with E-state index in [4.69, 9.17) is 27.9 Å². The fourth-order valence-electron chi connectivity index (χ4n) is 3.19. The molecule has 1 atom stereocenters. The van der Waals surface area contributed by atoms with Crippen LogP contribution in [0.4, 0.5) is 5.69 Å². The van der Waals surface area contributed by atoms with Crippen molar-refractivity contribution in [3.63, 3.8) is 0 Å². The van der Waals surface area contributed by atoms with Crippen molar-refractivity contribution in [2.45, 2.75) is 25.7 Å². The lowest BCUT2D eigenvalue weighted by Crippen LogP contribution is -2.32. The molecule has 0 radical (unpaired) electrons. The van der Waals surface area contributed by atoms with Crippen molar-refractivity contribution in [1.82, 2.24) is 5.32 Å². The molecule has 1 fully saturated rings. The molecular weight excluding hydrogens is 399 g/mol. The van der Waals surface area contributed by atoms with E-state index >= 15 is 0 Å². The lowest BCUT2D eigenvalue weighted by Gasteiger charge is -2.17. The van der Waals surface area contributed by atoms with E-state index in [1.165, 1.54) is 0 Å². The third kappa shape index (κ3) is 4.97. The van der Waals surface area contributed by atoms with Crippen LogP contribution < -0.4 is 15.0 Å². The van der Waals surface area contributed by atoms with Gasteiger partial charge in [0.1, 0.15) is 5.75 Å². The summed E-state index contributed by atoms with van der Waals surface area (Å²) in [4.78, 5) is 25.6. The zero-order valence-electron chi connectivity index (χ0n) is 15.6. The first-order valence-electron chi connectivity index (χ1n) is 9.19. The summed E-state index contributed by atoms with van der Waals surface area (Å²) in [5.41, 5.74) is 1.67. The molecule has 0 saturated carbocycles. The van der Waals surface area contributed by atoms with Gasteiger partial charge in [0.15, 0.2) is 6.61 Å². The number of amides is 2. The normalized spacial score (nSPS) is 14.8. The highest BCUT2D eigenvalue weighted by Gasteiger charge is 2.21. The number of hydrogen-bond acceptors (Lipinski definition) is 3. The van der Waals surface area contributed by atoms with E-state index in [-0.39, 0.29) is 24.3 Å². The van der Waals surface area contributed by atoms with Crippen LogP contribution in [-0.2, 0) is 9.59 Å². The van der Waals surface area contributed by atoms with Crippen molar-refractivity contribution >= 4 is 40.7 Å². The van der Waals surface area contributed by atoms with Crippen molar-refractivity contribution in [3.05, 3.63) is 58.1 Å². The van der Waals surface area contributed by atoms with Gasteiger partial charge in [0.25, 0.3) is 5.91 Å². The molecule has 1 heterocycles. The lowest BCUT2D eigenvalue weighted by molar-refractivity contribution is -0.123. The van der Waals surface area contributed by atoms with Gasteiger partial charge in [-0.1, -0.05) is 36.2 Å². The standard InChI is InChI=1S/C21H22Cl2N2O3/c1-14(21-17(22)4-2-5-18(21)23)12-24-19(26)13-28-16-9-7-15(8-10-16)25-11-3-6-20(25)27/h2,4-5,7-10,14H,3,6,11-13H2,1H3,(H,24,26). The molecule has 1 aliphatic rings. The van der Waals surface area contributed by atoms with Crippen LogP contribution in [0.5, 0.6) is 5.75 Å². The van der Waals surface area contributed by atoms with Gasteiger partial charge in [-0.15, -0.1) is 0 Å². The molecule has 28 heavy (non-hydrogen) atoms. The molecule has 1 saturated heterocycles. The summed E-state index contributed by atoms with van der Waals surface area (Å²) < 4.78 is 5.53. The average molecular weight is 421 g/mol. The van der Waals surface area contributed by atoms with Crippen LogP contribution in [0.25, 0.3) is 0 Å². The number of ether oxygens (including phenoxy) is 1. The van der Waals surface area contributed by atoms with Crippen LogP contribution in [-0.4, -0.2) is 31.5 Å². The molecule has 2 aromatic rings. The summed E-state index contributed by atoms with van der Waals surface area (Å²) in [6, 6.07) is 12.5. The lowest BCUT2D eigenvalue weighted by atomic mass is 10.0. The van der Waals surface area contributed by atoms with Gasteiger partial charge in [-0.3, -0.25) is 9.59 Å². The molecule has 2 amide bonds. The molecule has 3 rings (SSSR count). The SMILES string of the molecule is CC(CNC(=O)COc1ccc(N2CCCC2=O)cc1)c1c(Cl)cccc1Cl. The van der Waals surface area contributed by atoms with Gasteiger partial charge in [-0.25, -0.2) is 0 Å². The van der Waals surface area contributed by atoms with Crippen molar-refractivity contribution in [2.24, 2.45) is 0 Å². The van der Waals surface area contributed by atoms with Crippen LogP contribution in [0.1, 0.15) is 31.2 Å². The van der Waals surface area contributed by atoms with Gasteiger partial charge in [0, 0.05) is 41.2 Å². The Bertz CT molecular complexity index is 835. The molecule has 7 heteroatoms. The molecule has 148 valence electrons. The highest BCUT2D eigenvalue weighted by molar-refractivity contribution is 6.36. The van der Waals surface area contributed by atoms with Gasteiger partial charge in [0.2, 0.25) is 5.91 Å². The Morgan fingerprint density at radius 3 is 2.46 bits per heavy atom. The van der Waals surface area contributed by atoms with Crippen LogP contribution >= 0.6 is 23.2 Å². The zero-order valence-corrected chi connectivity index (χ0v) is 17.1. The van der Waals surface area contributed by atoms with Gasteiger partial charge >= 0.3 is 0 Å².